The number of amides is 1. The van der Waals surface area contributed by atoms with E-state index in [4.69, 9.17) is 9.47 Å². The molecule has 2 atom stereocenters. The Morgan fingerprint density at radius 1 is 1.31 bits per heavy atom. The van der Waals surface area contributed by atoms with Gasteiger partial charge in [-0.05, 0) is 28.1 Å². The molecule has 2 aliphatic heterocycles. The quantitative estimate of drug-likeness (QED) is 0.526. The molecule has 5 rings (SSSR count). The van der Waals surface area contributed by atoms with Crippen molar-refractivity contribution < 1.29 is 18.7 Å². The third-order valence-corrected chi connectivity index (χ3v) is 6.38. The zero-order valence-corrected chi connectivity index (χ0v) is 19.0. The van der Waals surface area contributed by atoms with E-state index >= 15 is 0 Å². The van der Waals surface area contributed by atoms with Crippen molar-refractivity contribution in [1.82, 2.24) is 35.0 Å². The molecular formula is C23H23FN8O3. The number of benzene rings is 1. The molecule has 2 saturated heterocycles. The number of morpholine rings is 1. The van der Waals surface area contributed by atoms with Crippen LogP contribution in [0.1, 0.15) is 22.8 Å². The first-order chi connectivity index (χ1) is 17.1. The topological polar surface area (TPSA) is 122 Å². The minimum atomic E-state index is -0.490. The highest BCUT2D eigenvalue weighted by atomic mass is 19.1. The summed E-state index contributed by atoms with van der Waals surface area (Å²) < 4.78 is 27.2. The standard InChI is InChI=1S/C23H23FN8O3/c1-34-20-8-19(24)18(7-16(20)9-25)21-12-30-4-5-31(11-17(30)13-35-21)23(33)6-15-2-3-22(26-10-15)32-14-27-28-29-32/h2-3,7-8,10,14,17,21H,4-6,11-13H2,1H3. The van der Waals surface area contributed by atoms with E-state index in [1.807, 2.05) is 17.0 Å². The Labute approximate surface area is 200 Å². The summed E-state index contributed by atoms with van der Waals surface area (Å²) in [7, 11) is 1.40. The highest BCUT2D eigenvalue weighted by Crippen LogP contribution is 2.32. The summed E-state index contributed by atoms with van der Waals surface area (Å²) in [5.41, 5.74) is 1.42. The van der Waals surface area contributed by atoms with Crippen molar-refractivity contribution in [3.63, 3.8) is 0 Å². The van der Waals surface area contributed by atoms with Gasteiger partial charge in [0.05, 0.1) is 37.8 Å². The lowest BCUT2D eigenvalue weighted by molar-refractivity contribution is -0.139. The molecule has 0 N–H and O–H groups in total. The highest BCUT2D eigenvalue weighted by molar-refractivity contribution is 5.79. The maximum absolute atomic E-state index is 14.7. The number of nitrogens with zero attached hydrogens (tertiary/aromatic N) is 8. The second-order valence-electron chi connectivity index (χ2n) is 8.45. The van der Waals surface area contributed by atoms with Crippen LogP contribution < -0.4 is 4.74 Å². The van der Waals surface area contributed by atoms with Crippen molar-refractivity contribution in [3.05, 3.63) is 59.3 Å². The first kappa shape index (κ1) is 22.8. The van der Waals surface area contributed by atoms with Crippen LogP contribution in [0.4, 0.5) is 4.39 Å². The molecule has 11 nitrogen and oxygen atoms in total. The fourth-order valence-electron chi connectivity index (χ4n) is 4.48. The molecule has 0 aliphatic carbocycles. The SMILES string of the molecule is COc1cc(F)c(C2CN3CCN(C(=O)Cc4ccc(-n5cnnn5)nc4)CC3CO2)cc1C#N. The molecule has 0 radical (unpaired) electrons. The number of nitriles is 1. The number of halogens is 1. The molecule has 2 aliphatic rings. The number of carbonyl (C=O) groups excluding carboxylic acids is 1. The minimum absolute atomic E-state index is 0.0172. The van der Waals surface area contributed by atoms with E-state index in [0.29, 0.717) is 44.2 Å². The number of hydrogen-bond acceptors (Lipinski definition) is 9. The Morgan fingerprint density at radius 2 is 2.20 bits per heavy atom. The molecule has 0 bridgehead atoms. The minimum Gasteiger partial charge on any atom is -0.495 e. The lowest BCUT2D eigenvalue weighted by Crippen LogP contribution is -2.59. The fraction of sp³-hybridized carbons (Fsp3) is 0.391. The lowest BCUT2D eigenvalue weighted by atomic mass is 10.0. The smallest absolute Gasteiger partial charge is 0.227 e. The molecule has 35 heavy (non-hydrogen) atoms. The normalized spacial score (nSPS) is 20.2. The molecule has 180 valence electrons. The summed E-state index contributed by atoms with van der Waals surface area (Å²) in [6, 6.07) is 8.40. The molecule has 0 spiro atoms. The second-order valence-corrected chi connectivity index (χ2v) is 8.45. The average molecular weight is 478 g/mol. The van der Waals surface area contributed by atoms with Crippen molar-refractivity contribution in [2.75, 3.05) is 39.9 Å². The molecule has 3 aromatic rings. The molecular weight excluding hydrogens is 455 g/mol. The number of methoxy groups -OCH3 is 1. The Balaban J connectivity index is 1.19. The third kappa shape index (κ3) is 4.68. The van der Waals surface area contributed by atoms with Crippen LogP contribution in [-0.4, -0.2) is 86.8 Å². The zero-order valence-electron chi connectivity index (χ0n) is 19.0. The maximum Gasteiger partial charge on any atom is 0.227 e. The van der Waals surface area contributed by atoms with Gasteiger partial charge in [-0.3, -0.25) is 9.69 Å². The third-order valence-electron chi connectivity index (χ3n) is 6.38. The van der Waals surface area contributed by atoms with Crippen LogP contribution in [0.5, 0.6) is 5.75 Å². The summed E-state index contributed by atoms with van der Waals surface area (Å²) in [5.74, 6) is 0.333. The predicted molar refractivity (Wildman–Crippen MR) is 119 cm³/mol. The number of carbonyl (C=O) groups is 1. The van der Waals surface area contributed by atoms with Gasteiger partial charge in [-0.2, -0.15) is 9.94 Å². The number of pyridine rings is 1. The van der Waals surface area contributed by atoms with Crippen LogP contribution in [0, 0.1) is 17.1 Å². The van der Waals surface area contributed by atoms with Crippen LogP contribution in [0.3, 0.4) is 0 Å². The summed E-state index contributed by atoms with van der Waals surface area (Å²) in [6.45, 7) is 2.63. The van der Waals surface area contributed by atoms with E-state index in [1.165, 1.54) is 30.3 Å². The van der Waals surface area contributed by atoms with Gasteiger partial charge in [-0.25, -0.2) is 9.37 Å². The Morgan fingerprint density at radius 3 is 2.91 bits per heavy atom. The fourth-order valence-corrected chi connectivity index (χ4v) is 4.48. The van der Waals surface area contributed by atoms with Gasteiger partial charge >= 0.3 is 0 Å². The largest absolute Gasteiger partial charge is 0.495 e. The monoisotopic (exact) mass is 478 g/mol. The average Bonchev–Trinajstić information content (AvgIpc) is 3.43. The molecule has 1 aromatic carbocycles. The number of ether oxygens (including phenoxy) is 2. The van der Waals surface area contributed by atoms with Crippen molar-refractivity contribution in [1.29, 1.82) is 5.26 Å². The zero-order chi connectivity index (χ0) is 24.4. The summed E-state index contributed by atoms with van der Waals surface area (Å²) in [4.78, 5) is 21.3. The Bertz CT molecular complexity index is 1240. The second kappa shape index (κ2) is 9.73. The number of hydrogen-bond donors (Lipinski definition) is 0. The van der Waals surface area contributed by atoms with E-state index in [9.17, 15) is 14.4 Å². The molecule has 12 heteroatoms. The maximum atomic E-state index is 14.7. The predicted octanol–water partition coefficient (Wildman–Crippen LogP) is 0.903. The van der Waals surface area contributed by atoms with Crippen LogP contribution in [-0.2, 0) is 16.0 Å². The first-order valence-corrected chi connectivity index (χ1v) is 11.1. The van der Waals surface area contributed by atoms with E-state index in [-0.39, 0.29) is 29.7 Å². The van der Waals surface area contributed by atoms with Gasteiger partial charge in [0.1, 0.15) is 24.0 Å². The summed E-state index contributed by atoms with van der Waals surface area (Å²) >= 11 is 0. The molecule has 2 unspecified atom stereocenters. The summed E-state index contributed by atoms with van der Waals surface area (Å²) in [5, 5.41) is 20.3. The Kier molecular flexibility index (Phi) is 6.35. The summed E-state index contributed by atoms with van der Waals surface area (Å²) in [6.07, 6.45) is 2.86. The van der Waals surface area contributed by atoms with Crippen molar-refractivity contribution in [2.24, 2.45) is 0 Å². The number of rotatable bonds is 5. The van der Waals surface area contributed by atoms with Gasteiger partial charge in [-0.1, -0.05) is 6.07 Å². The van der Waals surface area contributed by atoms with Crippen molar-refractivity contribution >= 4 is 5.91 Å². The van der Waals surface area contributed by atoms with Gasteiger partial charge in [0.25, 0.3) is 0 Å². The van der Waals surface area contributed by atoms with E-state index < -0.39 is 11.9 Å². The van der Waals surface area contributed by atoms with Crippen LogP contribution in [0.2, 0.25) is 0 Å². The van der Waals surface area contributed by atoms with E-state index in [1.54, 1.807) is 12.3 Å². The van der Waals surface area contributed by atoms with Gasteiger partial charge in [0, 0.05) is 44.0 Å². The van der Waals surface area contributed by atoms with Gasteiger partial charge in [-0.15, -0.1) is 5.10 Å². The molecule has 2 aromatic heterocycles. The van der Waals surface area contributed by atoms with Gasteiger partial charge in [0.2, 0.25) is 5.91 Å². The van der Waals surface area contributed by atoms with Crippen LogP contribution >= 0.6 is 0 Å². The first-order valence-electron chi connectivity index (χ1n) is 11.1. The van der Waals surface area contributed by atoms with E-state index in [0.717, 1.165) is 5.56 Å². The number of fused-ring (bicyclic) bond motifs is 1. The molecule has 1 amide bonds. The van der Waals surface area contributed by atoms with Crippen molar-refractivity contribution in [3.8, 4) is 17.6 Å². The van der Waals surface area contributed by atoms with Crippen molar-refractivity contribution in [2.45, 2.75) is 18.6 Å². The number of piperazine rings is 1. The van der Waals surface area contributed by atoms with Crippen LogP contribution in [0.15, 0.2) is 36.8 Å². The number of aromatic nitrogens is 5. The molecule has 2 fully saturated rings. The lowest BCUT2D eigenvalue weighted by Gasteiger charge is -2.46. The highest BCUT2D eigenvalue weighted by Gasteiger charge is 2.36. The Hall–Kier alpha value is -3.95. The molecule has 0 saturated carbocycles. The van der Waals surface area contributed by atoms with Crippen LogP contribution in [0.25, 0.3) is 5.82 Å². The van der Waals surface area contributed by atoms with Gasteiger partial charge < -0.3 is 14.4 Å². The van der Waals surface area contributed by atoms with E-state index in [2.05, 4.69) is 25.4 Å². The van der Waals surface area contributed by atoms with Gasteiger partial charge in [0.15, 0.2) is 5.82 Å². The number of tetrazole rings is 1. The molecule has 4 heterocycles.